The highest BCUT2D eigenvalue weighted by Crippen LogP contribution is 2.32. The third-order valence-corrected chi connectivity index (χ3v) is 7.65. The molecule has 0 amide bonds. The summed E-state index contributed by atoms with van der Waals surface area (Å²) < 4.78 is 31.8. The number of nitrogens with zero attached hydrogens (tertiary/aromatic N) is 4. The smallest absolute Gasteiger partial charge is 0.215 e. The number of aromatic nitrogens is 3. The van der Waals surface area contributed by atoms with Crippen molar-refractivity contribution in [1.29, 1.82) is 0 Å². The highest BCUT2D eigenvalue weighted by atomic mass is 32.2. The molecular formula is C23H33N7O3S. The molecule has 3 heterocycles. The van der Waals surface area contributed by atoms with Gasteiger partial charge in [0, 0.05) is 50.3 Å². The molecule has 3 aromatic rings. The van der Waals surface area contributed by atoms with E-state index in [0.717, 1.165) is 67.8 Å². The van der Waals surface area contributed by atoms with Crippen LogP contribution in [0.3, 0.4) is 0 Å². The zero-order valence-electron chi connectivity index (χ0n) is 20.0. The fraction of sp³-hybridized carbons (Fsp3) is 0.478. The van der Waals surface area contributed by atoms with Crippen molar-refractivity contribution in [2.24, 2.45) is 0 Å². The summed E-state index contributed by atoms with van der Waals surface area (Å²) in [7, 11) is 1.62. The normalized spacial score (nSPS) is 15.1. The Morgan fingerprint density at radius 3 is 2.65 bits per heavy atom. The molecular weight excluding hydrogens is 454 g/mol. The maximum absolute atomic E-state index is 11.9. The summed E-state index contributed by atoms with van der Waals surface area (Å²) in [5.74, 6) is 2.19. The van der Waals surface area contributed by atoms with Crippen molar-refractivity contribution in [1.82, 2.24) is 24.6 Å². The number of nitrogens with one attached hydrogen (secondary N) is 3. The average molecular weight is 488 g/mol. The number of anilines is 2. The topological polar surface area (TPSA) is 115 Å². The first kappa shape index (κ1) is 24.2. The predicted molar refractivity (Wildman–Crippen MR) is 135 cm³/mol. The van der Waals surface area contributed by atoms with E-state index in [-0.39, 0.29) is 5.75 Å². The lowest BCUT2D eigenvalue weighted by Crippen LogP contribution is -2.47. The van der Waals surface area contributed by atoms with E-state index in [0.29, 0.717) is 11.6 Å². The number of hydrogen-bond donors (Lipinski definition) is 3. The maximum atomic E-state index is 11.9. The number of sulfonamides is 1. The molecule has 184 valence electrons. The molecule has 1 aliphatic heterocycles. The molecule has 0 bridgehead atoms. The molecule has 0 radical (unpaired) electrons. The van der Waals surface area contributed by atoms with E-state index < -0.39 is 10.0 Å². The molecule has 1 fully saturated rings. The first-order valence-electron chi connectivity index (χ1n) is 11.5. The van der Waals surface area contributed by atoms with E-state index in [1.165, 1.54) is 12.6 Å². The number of hydrogen-bond acceptors (Lipinski definition) is 8. The molecule has 11 heteroatoms. The van der Waals surface area contributed by atoms with Crippen LogP contribution in [-0.4, -0.2) is 82.2 Å². The van der Waals surface area contributed by atoms with Gasteiger partial charge in [0.15, 0.2) is 11.6 Å². The van der Waals surface area contributed by atoms with Crippen LogP contribution in [0.25, 0.3) is 10.9 Å². The molecule has 34 heavy (non-hydrogen) atoms. The second-order valence-electron chi connectivity index (χ2n) is 8.42. The van der Waals surface area contributed by atoms with E-state index in [2.05, 4.69) is 34.8 Å². The Balaban J connectivity index is 1.32. The first-order valence-corrected chi connectivity index (χ1v) is 13.1. The Kier molecular flexibility index (Phi) is 7.54. The van der Waals surface area contributed by atoms with Gasteiger partial charge in [-0.3, -0.25) is 4.90 Å². The van der Waals surface area contributed by atoms with Gasteiger partial charge in [-0.1, -0.05) is 6.07 Å². The summed E-state index contributed by atoms with van der Waals surface area (Å²) >= 11 is 0. The quantitative estimate of drug-likeness (QED) is 0.397. The van der Waals surface area contributed by atoms with Crippen molar-refractivity contribution in [3.05, 3.63) is 41.9 Å². The van der Waals surface area contributed by atoms with E-state index in [1.807, 2.05) is 31.4 Å². The largest absolute Gasteiger partial charge is 0.490 e. The van der Waals surface area contributed by atoms with Crippen molar-refractivity contribution >= 4 is 32.6 Å². The van der Waals surface area contributed by atoms with Crippen molar-refractivity contribution in [2.75, 3.05) is 64.1 Å². The van der Waals surface area contributed by atoms with Gasteiger partial charge in [-0.25, -0.2) is 23.1 Å². The van der Waals surface area contributed by atoms with E-state index in [9.17, 15) is 8.42 Å². The number of benzene rings is 1. The summed E-state index contributed by atoms with van der Waals surface area (Å²) in [6.07, 6.45) is 5.58. The molecule has 0 atom stereocenters. The summed E-state index contributed by atoms with van der Waals surface area (Å²) in [6.45, 7) is 4.70. The van der Waals surface area contributed by atoms with Crippen LogP contribution in [0.4, 0.5) is 11.6 Å². The van der Waals surface area contributed by atoms with Crippen LogP contribution in [0.5, 0.6) is 5.75 Å². The van der Waals surface area contributed by atoms with Gasteiger partial charge in [0.05, 0.1) is 12.9 Å². The highest BCUT2D eigenvalue weighted by molar-refractivity contribution is 7.88. The number of H-pyrrole nitrogens is 1. The number of piperazine rings is 1. The Morgan fingerprint density at radius 2 is 1.94 bits per heavy atom. The van der Waals surface area contributed by atoms with E-state index in [1.54, 1.807) is 13.4 Å². The Labute approximate surface area is 200 Å². The fourth-order valence-electron chi connectivity index (χ4n) is 4.45. The first-order chi connectivity index (χ1) is 16.4. The monoisotopic (exact) mass is 487 g/mol. The van der Waals surface area contributed by atoms with Crippen LogP contribution in [-0.2, 0) is 22.2 Å². The van der Waals surface area contributed by atoms with Gasteiger partial charge in [-0.05, 0) is 49.7 Å². The van der Waals surface area contributed by atoms with E-state index in [4.69, 9.17) is 4.74 Å². The maximum Gasteiger partial charge on any atom is 0.215 e. The van der Waals surface area contributed by atoms with Crippen molar-refractivity contribution < 1.29 is 13.2 Å². The third-order valence-electron chi connectivity index (χ3n) is 6.32. The van der Waals surface area contributed by atoms with Crippen LogP contribution in [0.15, 0.2) is 30.7 Å². The second-order valence-corrected chi connectivity index (χ2v) is 10.3. The summed E-state index contributed by atoms with van der Waals surface area (Å²) in [4.78, 5) is 16.7. The van der Waals surface area contributed by atoms with Gasteiger partial charge >= 0.3 is 0 Å². The van der Waals surface area contributed by atoms with Crippen LogP contribution in [0.2, 0.25) is 0 Å². The van der Waals surface area contributed by atoms with Crippen LogP contribution in [0.1, 0.15) is 17.5 Å². The Bertz CT molecular complexity index is 1220. The average Bonchev–Trinajstić information content (AvgIpc) is 3.25. The minimum atomic E-state index is -3.29. The number of ether oxygens (including phenoxy) is 1. The molecule has 10 nitrogen and oxygen atoms in total. The minimum Gasteiger partial charge on any atom is -0.490 e. The lowest BCUT2D eigenvalue weighted by molar-refractivity contribution is 0.253. The fourth-order valence-corrected chi connectivity index (χ4v) is 5.21. The molecule has 2 aromatic heterocycles. The molecule has 3 N–H and O–H groups in total. The van der Waals surface area contributed by atoms with Gasteiger partial charge in [-0.2, -0.15) is 0 Å². The molecule has 0 aliphatic carbocycles. The predicted octanol–water partition coefficient (Wildman–Crippen LogP) is 1.81. The molecule has 1 saturated heterocycles. The van der Waals surface area contributed by atoms with Crippen molar-refractivity contribution in [2.45, 2.75) is 18.6 Å². The number of rotatable bonds is 10. The Hall–Kier alpha value is -2.89. The molecule has 4 rings (SSSR count). The lowest BCUT2D eigenvalue weighted by Gasteiger charge is -2.36. The van der Waals surface area contributed by atoms with Gasteiger partial charge in [0.2, 0.25) is 15.8 Å². The molecule has 1 aliphatic rings. The molecule has 0 unspecified atom stereocenters. The number of methoxy groups -OCH3 is 1. The number of fused-ring (bicyclic) bond motifs is 1. The minimum absolute atomic E-state index is 0.0126. The molecule has 0 saturated carbocycles. The van der Waals surface area contributed by atoms with Gasteiger partial charge < -0.3 is 19.9 Å². The van der Waals surface area contributed by atoms with Gasteiger partial charge in [0.25, 0.3) is 0 Å². The van der Waals surface area contributed by atoms with Crippen LogP contribution < -0.4 is 19.7 Å². The third kappa shape index (κ3) is 5.43. The van der Waals surface area contributed by atoms with Gasteiger partial charge in [0.1, 0.15) is 6.33 Å². The Morgan fingerprint density at radius 1 is 1.15 bits per heavy atom. The number of aromatic amines is 1. The van der Waals surface area contributed by atoms with E-state index >= 15 is 0 Å². The standard InChI is InChI=1S/C23H33N7O3S/c1-24-22-21(33-3)23(28-16-27-22)30-11-9-29(10-12-30)8-4-5-18-14-26-20-7-6-17(13-19(18)20)15-34(31,32)25-2/h6-7,13-14,16,25-26H,4-5,8-12,15H2,1-3H3,(H,24,27,28). The summed E-state index contributed by atoms with van der Waals surface area (Å²) in [5, 5.41) is 4.16. The lowest BCUT2D eigenvalue weighted by atomic mass is 10.1. The van der Waals surface area contributed by atoms with Crippen LogP contribution >= 0.6 is 0 Å². The zero-order chi connectivity index (χ0) is 24.1. The van der Waals surface area contributed by atoms with Gasteiger partial charge in [-0.15, -0.1) is 0 Å². The van der Waals surface area contributed by atoms with Crippen LogP contribution in [0, 0.1) is 0 Å². The summed E-state index contributed by atoms with van der Waals surface area (Å²) in [5.41, 5.74) is 3.05. The van der Waals surface area contributed by atoms with Crippen molar-refractivity contribution in [3.8, 4) is 5.75 Å². The van der Waals surface area contributed by atoms with Crippen molar-refractivity contribution in [3.63, 3.8) is 0 Å². The summed E-state index contributed by atoms with van der Waals surface area (Å²) in [6, 6.07) is 5.81. The SMILES string of the molecule is CNc1ncnc(N2CCN(CCCc3c[nH]c4ccc(CS(=O)(=O)NC)cc34)CC2)c1OC. The highest BCUT2D eigenvalue weighted by Gasteiger charge is 2.22. The molecule has 1 aromatic carbocycles. The number of aryl methyl sites for hydroxylation is 1. The second kappa shape index (κ2) is 10.6. The molecule has 0 spiro atoms. The zero-order valence-corrected chi connectivity index (χ0v) is 20.8.